The molecule has 3 rings (SSSR count). The maximum Gasteiger partial charge on any atom is 0.287 e. The maximum absolute atomic E-state index is 12.1. The number of carbonyl (C=O) groups is 1. The Bertz CT molecular complexity index is 665. The molecule has 0 atom stereocenters. The first kappa shape index (κ1) is 18.8. The highest BCUT2D eigenvalue weighted by atomic mass is 35.5. The van der Waals surface area contributed by atoms with Gasteiger partial charge >= 0.3 is 0 Å². The number of nitrogens with one attached hydrogen (secondary N) is 1. The van der Waals surface area contributed by atoms with Gasteiger partial charge in [-0.2, -0.15) is 0 Å². The molecule has 1 fully saturated rings. The number of rotatable bonds is 4. The van der Waals surface area contributed by atoms with Crippen LogP contribution in [0.3, 0.4) is 0 Å². The van der Waals surface area contributed by atoms with E-state index < -0.39 is 0 Å². The second-order valence-corrected chi connectivity index (χ2v) is 6.66. The fourth-order valence-electron chi connectivity index (χ4n) is 3.41. The molecule has 4 nitrogen and oxygen atoms in total. The molecule has 1 heterocycles. The third-order valence-corrected chi connectivity index (χ3v) is 5.09. The van der Waals surface area contributed by atoms with E-state index in [1.165, 1.54) is 11.8 Å². The third kappa shape index (κ3) is 3.94. The van der Waals surface area contributed by atoms with Crippen molar-refractivity contribution in [2.24, 2.45) is 5.73 Å². The number of amides is 1. The Morgan fingerprint density at radius 3 is 2.62 bits per heavy atom. The average molecular weight is 369 g/mol. The largest absolute Gasteiger partial charge is 0.459 e. The summed E-state index contributed by atoms with van der Waals surface area (Å²) in [7, 11) is 0. The Kier molecular flexibility index (Phi) is 6.33. The summed E-state index contributed by atoms with van der Waals surface area (Å²) in [5.74, 6) is 0.207. The molecule has 2 aromatic rings. The lowest BCUT2D eigenvalue weighted by molar-refractivity contribution is 0.0890. The molecule has 6 heteroatoms. The molecular weight excluding hydrogens is 347 g/mol. The summed E-state index contributed by atoms with van der Waals surface area (Å²) in [4.78, 5) is 12.1. The summed E-state index contributed by atoms with van der Waals surface area (Å²) in [6, 6.07) is 11.5. The van der Waals surface area contributed by atoms with Crippen molar-refractivity contribution in [1.82, 2.24) is 5.32 Å². The number of hydrogen-bond donors (Lipinski definition) is 2. The lowest BCUT2D eigenvalue weighted by Crippen LogP contribution is -2.45. The summed E-state index contributed by atoms with van der Waals surface area (Å²) in [5.41, 5.74) is 7.25. The van der Waals surface area contributed by atoms with E-state index in [1.54, 1.807) is 12.1 Å². The Labute approximate surface area is 153 Å². The van der Waals surface area contributed by atoms with Crippen molar-refractivity contribution in [2.45, 2.75) is 37.1 Å². The Balaban J connectivity index is 0.00000208. The summed E-state index contributed by atoms with van der Waals surface area (Å²) in [6.07, 6.45) is 5.18. The number of nitrogens with two attached hydrogens (primary N) is 1. The van der Waals surface area contributed by atoms with Gasteiger partial charge in [-0.25, -0.2) is 0 Å². The van der Waals surface area contributed by atoms with Crippen LogP contribution in [0.4, 0.5) is 0 Å². The smallest absolute Gasteiger partial charge is 0.287 e. The zero-order chi connectivity index (χ0) is 16.3. The molecule has 0 unspecified atom stereocenters. The van der Waals surface area contributed by atoms with Crippen molar-refractivity contribution in [2.75, 3.05) is 6.54 Å². The summed E-state index contributed by atoms with van der Waals surface area (Å²) in [6.45, 7) is 0.589. The van der Waals surface area contributed by atoms with Crippen LogP contribution in [0.1, 0.15) is 41.8 Å². The highest BCUT2D eigenvalue weighted by Crippen LogP contribution is 2.39. The van der Waals surface area contributed by atoms with E-state index in [-0.39, 0.29) is 29.8 Å². The van der Waals surface area contributed by atoms with Gasteiger partial charge in [0, 0.05) is 23.0 Å². The van der Waals surface area contributed by atoms with Crippen molar-refractivity contribution in [3.8, 4) is 0 Å². The minimum Gasteiger partial charge on any atom is -0.459 e. The van der Waals surface area contributed by atoms with E-state index in [0.29, 0.717) is 12.3 Å². The van der Waals surface area contributed by atoms with E-state index in [9.17, 15) is 4.79 Å². The van der Waals surface area contributed by atoms with Crippen LogP contribution in [0.25, 0.3) is 0 Å². The van der Waals surface area contributed by atoms with Gasteiger partial charge < -0.3 is 15.5 Å². The van der Waals surface area contributed by atoms with Gasteiger partial charge in [-0.05, 0) is 55.5 Å². The highest BCUT2D eigenvalue weighted by molar-refractivity contribution is 6.30. The van der Waals surface area contributed by atoms with Crippen LogP contribution in [0.15, 0.2) is 47.1 Å². The molecule has 0 spiro atoms. The quantitative estimate of drug-likeness (QED) is 0.858. The van der Waals surface area contributed by atoms with Crippen LogP contribution in [0.5, 0.6) is 0 Å². The molecule has 1 aliphatic carbocycles. The third-order valence-electron chi connectivity index (χ3n) is 4.85. The molecular formula is C18H22Cl2N2O2. The van der Waals surface area contributed by atoms with Crippen molar-refractivity contribution in [3.63, 3.8) is 0 Å². The molecule has 1 saturated carbocycles. The van der Waals surface area contributed by atoms with Crippen LogP contribution in [0.2, 0.25) is 5.02 Å². The van der Waals surface area contributed by atoms with Gasteiger partial charge in [-0.15, -0.1) is 12.4 Å². The first-order valence-electron chi connectivity index (χ1n) is 7.93. The molecule has 0 saturated heterocycles. The predicted octanol–water partition coefficient (Wildman–Crippen LogP) is 3.92. The number of hydrogen-bond acceptors (Lipinski definition) is 3. The SMILES string of the molecule is Cl.NC[C@]1(c2cccc(Cl)c2)CC[C@@H](NC(=O)c2ccco2)CC1. The minimum absolute atomic E-state index is 0. The number of halogens is 2. The summed E-state index contributed by atoms with van der Waals surface area (Å²) < 4.78 is 5.13. The van der Waals surface area contributed by atoms with Crippen LogP contribution < -0.4 is 11.1 Å². The monoisotopic (exact) mass is 368 g/mol. The molecule has 130 valence electrons. The van der Waals surface area contributed by atoms with E-state index in [1.807, 2.05) is 18.2 Å². The highest BCUT2D eigenvalue weighted by Gasteiger charge is 2.36. The number of carbonyl (C=O) groups excluding carboxylic acids is 1. The van der Waals surface area contributed by atoms with Crippen molar-refractivity contribution < 1.29 is 9.21 Å². The number of furan rings is 1. The van der Waals surface area contributed by atoms with Crippen LogP contribution in [-0.2, 0) is 5.41 Å². The average Bonchev–Trinajstić information content (AvgIpc) is 3.10. The lowest BCUT2D eigenvalue weighted by Gasteiger charge is -2.40. The minimum atomic E-state index is -0.150. The van der Waals surface area contributed by atoms with Gasteiger partial charge in [0.15, 0.2) is 5.76 Å². The molecule has 1 amide bonds. The zero-order valence-corrected chi connectivity index (χ0v) is 14.9. The molecule has 1 aromatic carbocycles. The molecule has 0 radical (unpaired) electrons. The van der Waals surface area contributed by atoms with Gasteiger partial charge in [0.05, 0.1) is 6.26 Å². The Morgan fingerprint density at radius 2 is 2.04 bits per heavy atom. The lowest BCUT2D eigenvalue weighted by atomic mass is 9.68. The van der Waals surface area contributed by atoms with Gasteiger partial charge in [0.1, 0.15) is 0 Å². The topological polar surface area (TPSA) is 68.3 Å². The Hall–Kier alpha value is -1.49. The van der Waals surface area contributed by atoms with Gasteiger partial charge in [0.25, 0.3) is 5.91 Å². The van der Waals surface area contributed by atoms with Crippen LogP contribution in [0, 0.1) is 0 Å². The predicted molar refractivity (Wildman–Crippen MR) is 97.9 cm³/mol. The van der Waals surface area contributed by atoms with E-state index >= 15 is 0 Å². The van der Waals surface area contributed by atoms with Crippen LogP contribution >= 0.6 is 24.0 Å². The first-order chi connectivity index (χ1) is 11.1. The summed E-state index contributed by atoms with van der Waals surface area (Å²) >= 11 is 6.13. The molecule has 1 aliphatic rings. The van der Waals surface area contributed by atoms with Crippen molar-refractivity contribution >= 4 is 29.9 Å². The molecule has 3 N–H and O–H groups in total. The zero-order valence-electron chi connectivity index (χ0n) is 13.3. The van der Waals surface area contributed by atoms with E-state index in [4.69, 9.17) is 21.8 Å². The van der Waals surface area contributed by atoms with Gasteiger partial charge in [-0.1, -0.05) is 23.7 Å². The Morgan fingerprint density at radius 1 is 1.29 bits per heavy atom. The standard InChI is InChI=1S/C18H21ClN2O2.ClH/c19-14-4-1-3-13(11-14)18(12-20)8-6-15(7-9-18)21-17(22)16-5-2-10-23-16;/h1-5,10-11,15H,6-9,12,20H2,(H,21,22);1H/t15-,18+;. The first-order valence-corrected chi connectivity index (χ1v) is 8.31. The van der Waals surface area contributed by atoms with Gasteiger partial charge in [-0.3, -0.25) is 4.79 Å². The maximum atomic E-state index is 12.1. The van der Waals surface area contributed by atoms with Crippen molar-refractivity contribution in [3.05, 3.63) is 59.0 Å². The second-order valence-electron chi connectivity index (χ2n) is 6.22. The molecule has 24 heavy (non-hydrogen) atoms. The van der Waals surface area contributed by atoms with Crippen LogP contribution in [-0.4, -0.2) is 18.5 Å². The van der Waals surface area contributed by atoms with Gasteiger partial charge in [0.2, 0.25) is 0 Å². The van der Waals surface area contributed by atoms with E-state index in [0.717, 1.165) is 30.7 Å². The normalized spacial score (nSPS) is 23.3. The van der Waals surface area contributed by atoms with E-state index in [2.05, 4.69) is 11.4 Å². The fourth-order valence-corrected chi connectivity index (χ4v) is 3.60. The molecule has 0 aliphatic heterocycles. The second kappa shape index (κ2) is 8.06. The fraction of sp³-hybridized carbons (Fsp3) is 0.389. The number of benzene rings is 1. The summed E-state index contributed by atoms with van der Waals surface area (Å²) in [5, 5.41) is 3.79. The van der Waals surface area contributed by atoms with Crippen molar-refractivity contribution in [1.29, 1.82) is 0 Å². The molecule has 1 aromatic heterocycles. The molecule has 0 bridgehead atoms.